The average molecular weight is 430 g/mol. The van der Waals surface area contributed by atoms with Crippen molar-refractivity contribution in [1.29, 1.82) is 0 Å². The Hall–Kier alpha value is -2.99. The number of carbonyl (C=O) groups excluding carboxylic acids is 1. The Bertz CT molecular complexity index is 1120. The summed E-state index contributed by atoms with van der Waals surface area (Å²) < 4.78 is 1.94. The summed E-state index contributed by atoms with van der Waals surface area (Å²) in [4.78, 5) is 22.8. The van der Waals surface area contributed by atoms with Crippen LogP contribution in [0.2, 0.25) is 0 Å². The Morgan fingerprint density at radius 1 is 1.12 bits per heavy atom. The van der Waals surface area contributed by atoms with Crippen molar-refractivity contribution >= 4 is 23.0 Å². The fourth-order valence-electron chi connectivity index (χ4n) is 4.39. The molecule has 0 radical (unpaired) electrons. The first-order chi connectivity index (χ1) is 15.6. The van der Waals surface area contributed by atoms with E-state index >= 15 is 0 Å². The summed E-state index contributed by atoms with van der Waals surface area (Å²) in [6.07, 6.45) is 8.52. The minimum Gasteiger partial charge on any atom is -0.336 e. The van der Waals surface area contributed by atoms with Crippen LogP contribution in [0.5, 0.6) is 0 Å². The molecule has 1 saturated carbocycles. The van der Waals surface area contributed by atoms with E-state index in [1.54, 1.807) is 0 Å². The number of nitrogens with zero attached hydrogens (tertiary/aromatic N) is 5. The molecule has 0 N–H and O–H groups in total. The summed E-state index contributed by atoms with van der Waals surface area (Å²) >= 11 is 0. The van der Waals surface area contributed by atoms with Crippen molar-refractivity contribution < 1.29 is 4.79 Å². The molecule has 166 valence electrons. The maximum Gasteiger partial charge on any atom is 0.254 e. The number of pyridine rings is 1. The fraction of sp³-hybridized carbons (Fsp3) is 0.423. The third-order valence-corrected chi connectivity index (χ3v) is 6.43. The van der Waals surface area contributed by atoms with Gasteiger partial charge < -0.3 is 4.90 Å². The lowest BCUT2D eigenvalue weighted by molar-refractivity contribution is 0.0652. The summed E-state index contributed by atoms with van der Waals surface area (Å²) in [5.41, 5.74) is 3.88. The van der Waals surface area contributed by atoms with Gasteiger partial charge in [0.2, 0.25) is 0 Å². The van der Waals surface area contributed by atoms with Gasteiger partial charge in [-0.3, -0.25) is 9.69 Å². The van der Waals surface area contributed by atoms with Crippen molar-refractivity contribution in [2.75, 3.05) is 32.7 Å². The van der Waals surface area contributed by atoms with Gasteiger partial charge in [-0.25, -0.2) is 9.67 Å². The van der Waals surface area contributed by atoms with E-state index in [9.17, 15) is 4.79 Å². The van der Waals surface area contributed by atoms with Crippen molar-refractivity contribution in [3.63, 3.8) is 0 Å². The summed E-state index contributed by atoms with van der Waals surface area (Å²) in [7, 11) is 0. The highest BCUT2D eigenvalue weighted by Crippen LogP contribution is 2.40. The van der Waals surface area contributed by atoms with E-state index in [0.29, 0.717) is 5.92 Å². The molecule has 6 heteroatoms. The number of rotatable bonds is 6. The molecule has 1 aliphatic carbocycles. The van der Waals surface area contributed by atoms with Crippen LogP contribution in [0.15, 0.2) is 48.7 Å². The lowest BCUT2D eigenvalue weighted by Crippen LogP contribution is -2.48. The van der Waals surface area contributed by atoms with Gasteiger partial charge in [-0.1, -0.05) is 42.5 Å². The van der Waals surface area contributed by atoms with Gasteiger partial charge in [-0.15, -0.1) is 0 Å². The molecule has 32 heavy (non-hydrogen) atoms. The first-order valence-electron chi connectivity index (χ1n) is 11.7. The second kappa shape index (κ2) is 8.87. The fourth-order valence-corrected chi connectivity index (χ4v) is 4.39. The number of piperazine rings is 1. The zero-order valence-corrected chi connectivity index (χ0v) is 18.9. The zero-order valence-electron chi connectivity index (χ0n) is 18.9. The molecule has 1 aliphatic heterocycles. The number of aromatic nitrogens is 3. The lowest BCUT2D eigenvalue weighted by atomic mass is 10.1. The predicted molar refractivity (Wildman–Crippen MR) is 128 cm³/mol. The first-order valence-corrected chi connectivity index (χ1v) is 11.7. The minimum atomic E-state index is 0.113. The van der Waals surface area contributed by atoms with E-state index in [-0.39, 0.29) is 11.9 Å². The molecule has 6 nitrogen and oxygen atoms in total. The second-order valence-corrected chi connectivity index (χ2v) is 9.19. The van der Waals surface area contributed by atoms with E-state index < -0.39 is 0 Å². The monoisotopic (exact) mass is 429 g/mol. The summed E-state index contributed by atoms with van der Waals surface area (Å²) in [5, 5.41) is 5.42. The van der Waals surface area contributed by atoms with Gasteiger partial charge in [0.15, 0.2) is 5.65 Å². The molecule has 0 atom stereocenters. The van der Waals surface area contributed by atoms with Gasteiger partial charge >= 0.3 is 0 Å². The topological polar surface area (TPSA) is 54.3 Å². The third kappa shape index (κ3) is 4.32. The molecule has 3 heterocycles. The van der Waals surface area contributed by atoms with Gasteiger partial charge in [0.25, 0.3) is 5.91 Å². The molecular formula is C26H31N5O. The standard InChI is InChI=1S/C26H31N5O/c1-19(2)31-25-23(18-27-31)22(17-24(28-25)21-10-11-21)26(32)30-15-13-29(14-16-30)12-6-9-20-7-4-3-5-8-20/h3-9,17-19,21H,10-16H2,1-2H3/b9-6+. The van der Waals surface area contributed by atoms with Crippen LogP contribution in [0.1, 0.15) is 60.3 Å². The Kier molecular flexibility index (Phi) is 5.79. The quantitative estimate of drug-likeness (QED) is 0.584. The van der Waals surface area contributed by atoms with Crippen LogP contribution in [-0.4, -0.2) is 63.2 Å². The van der Waals surface area contributed by atoms with Crippen molar-refractivity contribution in [2.45, 2.75) is 38.6 Å². The van der Waals surface area contributed by atoms with E-state index in [4.69, 9.17) is 4.98 Å². The third-order valence-electron chi connectivity index (χ3n) is 6.43. The average Bonchev–Trinajstić information content (AvgIpc) is 3.58. The number of benzene rings is 1. The highest BCUT2D eigenvalue weighted by atomic mass is 16.2. The van der Waals surface area contributed by atoms with E-state index in [2.05, 4.69) is 60.3 Å². The van der Waals surface area contributed by atoms with Gasteiger partial charge in [0.1, 0.15) is 0 Å². The van der Waals surface area contributed by atoms with Crippen LogP contribution < -0.4 is 0 Å². The molecule has 0 bridgehead atoms. The maximum atomic E-state index is 13.5. The summed E-state index contributed by atoms with van der Waals surface area (Å²) in [6, 6.07) is 12.6. The molecular weight excluding hydrogens is 398 g/mol. The van der Waals surface area contributed by atoms with Crippen LogP contribution >= 0.6 is 0 Å². The molecule has 1 saturated heterocycles. The van der Waals surface area contributed by atoms with Crippen molar-refractivity contribution in [3.8, 4) is 0 Å². The van der Waals surface area contributed by atoms with Crippen LogP contribution in [-0.2, 0) is 0 Å². The van der Waals surface area contributed by atoms with Crippen molar-refractivity contribution in [1.82, 2.24) is 24.6 Å². The lowest BCUT2D eigenvalue weighted by Gasteiger charge is -2.34. The molecule has 0 unspecified atom stereocenters. The molecule has 5 rings (SSSR count). The van der Waals surface area contributed by atoms with E-state index in [0.717, 1.165) is 67.9 Å². The van der Waals surface area contributed by atoms with Crippen molar-refractivity contribution in [3.05, 3.63) is 65.5 Å². The van der Waals surface area contributed by atoms with Gasteiger partial charge in [0, 0.05) is 50.4 Å². The van der Waals surface area contributed by atoms with Crippen LogP contribution in [0.25, 0.3) is 17.1 Å². The second-order valence-electron chi connectivity index (χ2n) is 9.19. The normalized spacial score (nSPS) is 17.7. The van der Waals surface area contributed by atoms with Gasteiger partial charge in [-0.05, 0) is 38.3 Å². The van der Waals surface area contributed by atoms with E-state index in [1.807, 2.05) is 27.9 Å². The molecule has 2 fully saturated rings. The Labute approximate surface area is 189 Å². The number of amides is 1. The number of hydrogen-bond donors (Lipinski definition) is 0. The molecule has 3 aromatic rings. The molecule has 0 spiro atoms. The highest BCUT2D eigenvalue weighted by Gasteiger charge is 2.30. The predicted octanol–water partition coefficient (Wildman–Crippen LogP) is 4.36. The Morgan fingerprint density at radius 2 is 1.88 bits per heavy atom. The van der Waals surface area contributed by atoms with Crippen LogP contribution in [0.4, 0.5) is 0 Å². The van der Waals surface area contributed by atoms with Gasteiger partial charge in [-0.2, -0.15) is 5.10 Å². The Balaban J connectivity index is 1.28. The number of fused-ring (bicyclic) bond motifs is 1. The molecule has 1 aromatic carbocycles. The Morgan fingerprint density at radius 3 is 2.56 bits per heavy atom. The first kappa shape index (κ1) is 20.9. The summed E-state index contributed by atoms with van der Waals surface area (Å²) in [5.74, 6) is 0.608. The largest absolute Gasteiger partial charge is 0.336 e. The van der Waals surface area contributed by atoms with Crippen LogP contribution in [0.3, 0.4) is 0 Å². The zero-order chi connectivity index (χ0) is 22.1. The number of carbonyl (C=O) groups is 1. The van der Waals surface area contributed by atoms with Crippen molar-refractivity contribution in [2.24, 2.45) is 0 Å². The SMILES string of the molecule is CC(C)n1ncc2c(C(=O)N3CCN(C/C=C/c4ccccc4)CC3)cc(C3CC3)nc21. The number of hydrogen-bond acceptors (Lipinski definition) is 4. The summed E-state index contributed by atoms with van der Waals surface area (Å²) in [6.45, 7) is 8.39. The minimum absolute atomic E-state index is 0.113. The highest BCUT2D eigenvalue weighted by molar-refractivity contribution is 6.05. The van der Waals surface area contributed by atoms with Gasteiger partial charge in [0.05, 0.1) is 17.1 Å². The molecule has 2 aromatic heterocycles. The molecule has 1 amide bonds. The smallest absolute Gasteiger partial charge is 0.254 e. The molecule has 2 aliphatic rings. The maximum absolute atomic E-state index is 13.5. The van der Waals surface area contributed by atoms with E-state index in [1.165, 1.54) is 5.56 Å². The van der Waals surface area contributed by atoms with Crippen LogP contribution in [0, 0.1) is 0 Å².